The first kappa shape index (κ1) is 25.5. The number of fused-ring (bicyclic) bond motifs is 2. The van der Waals surface area contributed by atoms with Crippen molar-refractivity contribution in [3.63, 3.8) is 0 Å². The number of amides is 3. The van der Waals surface area contributed by atoms with Crippen molar-refractivity contribution in [1.82, 2.24) is 10.2 Å². The van der Waals surface area contributed by atoms with E-state index in [0.29, 0.717) is 24.3 Å². The molecule has 0 radical (unpaired) electrons. The second-order valence-corrected chi connectivity index (χ2v) is 8.79. The van der Waals surface area contributed by atoms with Crippen LogP contribution in [0.25, 0.3) is 0 Å². The highest BCUT2D eigenvalue weighted by Gasteiger charge is 2.39. The zero-order chi connectivity index (χ0) is 26.0. The highest BCUT2D eigenvalue weighted by molar-refractivity contribution is 6.05. The molecule has 4 rings (SSSR count). The molecule has 0 aliphatic carbocycles. The summed E-state index contributed by atoms with van der Waals surface area (Å²) in [6.07, 6.45) is -3.69. The molecule has 0 aromatic heterocycles. The highest BCUT2D eigenvalue weighted by Crippen LogP contribution is 2.33. The lowest BCUT2D eigenvalue weighted by molar-refractivity contribution is -0.137. The summed E-state index contributed by atoms with van der Waals surface area (Å²) < 4.78 is 50.3. The molecule has 1 fully saturated rings. The van der Waals surface area contributed by atoms with E-state index in [0.717, 1.165) is 24.3 Å². The van der Waals surface area contributed by atoms with Gasteiger partial charge < -0.3 is 25.0 Å². The zero-order valence-corrected chi connectivity index (χ0v) is 19.7. The summed E-state index contributed by atoms with van der Waals surface area (Å²) in [6, 6.07) is 8.18. The molecular weight excluding hydrogens is 479 g/mol. The number of benzene rings is 2. The third-order valence-corrected chi connectivity index (χ3v) is 6.44. The Kier molecular flexibility index (Phi) is 7.21. The minimum absolute atomic E-state index is 0.0444. The van der Waals surface area contributed by atoms with Crippen LogP contribution in [0.3, 0.4) is 0 Å². The van der Waals surface area contributed by atoms with Crippen LogP contribution in [0.1, 0.15) is 45.5 Å². The number of carbonyl (C=O) groups excluding carboxylic acids is 3. The molecule has 2 N–H and O–H groups in total. The Morgan fingerprint density at radius 2 is 1.83 bits per heavy atom. The van der Waals surface area contributed by atoms with Crippen LogP contribution in [0.5, 0.6) is 5.75 Å². The van der Waals surface area contributed by atoms with Gasteiger partial charge in [0.25, 0.3) is 11.8 Å². The maximum absolute atomic E-state index is 13.3. The molecule has 0 spiro atoms. The number of anilines is 1. The minimum Gasteiger partial charge on any atom is -0.490 e. The third-order valence-electron chi connectivity index (χ3n) is 6.44. The van der Waals surface area contributed by atoms with E-state index in [9.17, 15) is 27.6 Å². The van der Waals surface area contributed by atoms with Crippen LogP contribution in [0, 0.1) is 0 Å². The van der Waals surface area contributed by atoms with E-state index in [-0.39, 0.29) is 48.1 Å². The van der Waals surface area contributed by atoms with Crippen molar-refractivity contribution in [1.29, 1.82) is 0 Å². The topological polar surface area (TPSA) is 97.0 Å². The molecule has 3 atom stereocenters. The van der Waals surface area contributed by atoms with Crippen LogP contribution in [0.15, 0.2) is 42.5 Å². The van der Waals surface area contributed by atoms with Crippen molar-refractivity contribution in [2.45, 2.75) is 43.7 Å². The van der Waals surface area contributed by atoms with Gasteiger partial charge >= 0.3 is 6.18 Å². The summed E-state index contributed by atoms with van der Waals surface area (Å²) in [5.41, 5.74) is -0.265. The molecule has 1 saturated heterocycles. The molecule has 0 bridgehead atoms. The molecule has 2 aliphatic rings. The molecule has 0 unspecified atom stereocenters. The fourth-order valence-corrected chi connectivity index (χ4v) is 4.43. The molecule has 2 heterocycles. The summed E-state index contributed by atoms with van der Waals surface area (Å²) in [5.74, 6) is -0.737. The van der Waals surface area contributed by atoms with Crippen LogP contribution in [-0.2, 0) is 15.7 Å². The standard InChI is InChI=1S/C25H26F3N3O5/c1-29-22(32)12-17-8-9-19-21(36-17)13-35-20-10-7-16(11-18(20)24(34)31(19)2)30-23(33)14-3-5-15(6-4-14)25(26,27)28/h3-7,10-11,17,19,21H,8-9,12-13H2,1-2H3,(H,29,32)(H,30,33)/t17-,19-,21+/m1/s1. The fourth-order valence-electron chi connectivity index (χ4n) is 4.43. The van der Waals surface area contributed by atoms with Gasteiger partial charge in [0.15, 0.2) is 0 Å². The average Bonchev–Trinajstić information content (AvgIpc) is 2.86. The quantitative estimate of drug-likeness (QED) is 0.664. The first-order chi connectivity index (χ1) is 17.1. The van der Waals surface area contributed by atoms with Gasteiger partial charge in [-0.05, 0) is 55.3 Å². The fraction of sp³-hybridized carbons (Fsp3) is 0.400. The molecule has 2 aromatic carbocycles. The Bertz CT molecular complexity index is 1150. The van der Waals surface area contributed by atoms with Crippen molar-refractivity contribution < 1.29 is 37.0 Å². The Balaban J connectivity index is 1.49. The van der Waals surface area contributed by atoms with Gasteiger partial charge in [-0.2, -0.15) is 13.2 Å². The summed E-state index contributed by atoms with van der Waals surface area (Å²) in [7, 11) is 3.24. The number of hydrogen-bond acceptors (Lipinski definition) is 5. The van der Waals surface area contributed by atoms with Crippen molar-refractivity contribution in [2.24, 2.45) is 0 Å². The second-order valence-electron chi connectivity index (χ2n) is 8.79. The predicted octanol–water partition coefficient (Wildman–Crippen LogP) is 3.47. The zero-order valence-electron chi connectivity index (χ0n) is 19.7. The molecule has 11 heteroatoms. The SMILES string of the molecule is CNC(=O)C[C@H]1CC[C@@H]2[C@H](COc3ccc(NC(=O)c4ccc(C(F)(F)F)cc4)cc3C(=O)N2C)O1. The number of nitrogens with zero attached hydrogens (tertiary/aromatic N) is 1. The largest absolute Gasteiger partial charge is 0.490 e. The average molecular weight is 505 g/mol. The first-order valence-electron chi connectivity index (χ1n) is 11.5. The van der Waals surface area contributed by atoms with Gasteiger partial charge in [0.05, 0.1) is 29.7 Å². The number of nitrogens with one attached hydrogen (secondary N) is 2. The summed E-state index contributed by atoms with van der Waals surface area (Å²) >= 11 is 0. The summed E-state index contributed by atoms with van der Waals surface area (Å²) in [6.45, 7) is 0.177. The third kappa shape index (κ3) is 5.46. The number of carbonyl (C=O) groups is 3. The number of alkyl halides is 3. The van der Waals surface area contributed by atoms with Gasteiger partial charge in [-0.1, -0.05) is 0 Å². The van der Waals surface area contributed by atoms with Crippen molar-refractivity contribution in [3.05, 3.63) is 59.2 Å². The molecule has 0 saturated carbocycles. The van der Waals surface area contributed by atoms with Crippen LogP contribution in [0.4, 0.5) is 18.9 Å². The lowest BCUT2D eigenvalue weighted by atomic mass is 9.94. The van der Waals surface area contributed by atoms with Gasteiger partial charge in [-0.3, -0.25) is 14.4 Å². The second kappa shape index (κ2) is 10.2. The molecule has 2 aliphatic heterocycles. The molecule has 192 valence electrons. The number of hydrogen-bond donors (Lipinski definition) is 2. The van der Waals surface area contributed by atoms with Gasteiger partial charge in [0.1, 0.15) is 18.5 Å². The van der Waals surface area contributed by atoms with Crippen molar-refractivity contribution in [2.75, 3.05) is 26.0 Å². The normalized spacial score (nSPS) is 21.9. The van der Waals surface area contributed by atoms with Gasteiger partial charge in [-0.15, -0.1) is 0 Å². The van der Waals surface area contributed by atoms with E-state index >= 15 is 0 Å². The van der Waals surface area contributed by atoms with Gasteiger partial charge in [0.2, 0.25) is 5.91 Å². The summed E-state index contributed by atoms with van der Waals surface area (Å²) in [5, 5.41) is 5.20. The summed E-state index contributed by atoms with van der Waals surface area (Å²) in [4.78, 5) is 39.2. The molecule has 36 heavy (non-hydrogen) atoms. The smallest absolute Gasteiger partial charge is 0.416 e. The Hall–Kier alpha value is -3.60. The first-order valence-corrected chi connectivity index (χ1v) is 11.5. The predicted molar refractivity (Wildman–Crippen MR) is 124 cm³/mol. The monoisotopic (exact) mass is 505 g/mol. The maximum Gasteiger partial charge on any atom is 0.416 e. The van der Waals surface area contributed by atoms with E-state index in [1.54, 1.807) is 31.1 Å². The number of ether oxygens (including phenoxy) is 2. The molecule has 3 amide bonds. The Labute approximate surface area is 205 Å². The maximum atomic E-state index is 13.3. The van der Waals surface area contributed by atoms with Crippen molar-refractivity contribution >= 4 is 23.4 Å². The highest BCUT2D eigenvalue weighted by atomic mass is 19.4. The Morgan fingerprint density at radius 1 is 1.11 bits per heavy atom. The van der Waals surface area contributed by atoms with Crippen molar-refractivity contribution in [3.8, 4) is 5.75 Å². The van der Waals surface area contributed by atoms with E-state index in [1.807, 2.05) is 0 Å². The van der Waals surface area contributed by atoms with Crippen LogP contribution < -0.4 is 15.4 Å². The van der Waals surface area contributed by atoms with Crippen LogP contribution in [-0.4, -0.2) is 61.6 Å². The van der Waals surface area contributed by atoms with Crippen LogP contribution >= 0.6 is 0 Å². The Morgan fingerprint density at radius 3 is 2.50 bits per heavy atom. The molecule has 2 aromatic rings. The van der Waals surface area contributed by atoms with Crippen LogP contribution in [0.2, 0.25) is 0 Å². The van der Waals surface area contributed by atoms with E-state index in [1.165, 1.54) is 6.07 Å². The van der Waals surface area contributed by atoms with E-state index < -0.39 is 23.8 Å². The van der Waals surface area contributed by atoms with E-state index in [2.05, 4.69) is 10.6 Å². The number of halogens is 3. The van der Waals surface area contributed by atoms with E-state index in [4.69, 9.17) is 9.47 Å². The number of likely N-dealkylation sites (N-methyl/N-ethyl adjacent to an activating group) is 1. The van der Waals surface area contributed by atoms with Gasteiger partial charge in [0, 0.05) is 25.3 Å². The molecule has 8 nitrogen and oxygen atoms in total. The minimum atomic E-state index is -4.50. The number of rotatable bonds is 4. The molecular formula is C25H26F3N3O5. The lowest BCUT2D eigenvalue weighted by Gasteiger charge is -2.42. The van der Waals surface area contributed by atoms with Gasteiger partial charge in [-0.25, -0.2) is 0 Å². The lowest BCUT2D eigenvalue weighted by Crippen LogP contribution is -2.53.